The maximum absolute atomic E-state index is 8.93. The van der Waals surface area contributed by atoms with Crippen LogP contribution in [-0.4, -0.2) is 13.1 Å². The number of nitrogens with one attached hydrogen (secondary N) is 1. The van der Waals surface area contributed by atoms with E-state index in [9.17, 15) is 0 Å². The smallest absolute Gasteiger partial charge is 0.110 e. The van der Waals surface area contributed by atoms with Crippen molar-refractivity contribution in [3.05, 3.63) is 21.4 Å². The van der Waals surface area contributed by atoms with Gasteiger partial charge < -0.3 is 5.32 Å². The Morgan fingerprint density at radius 1 is 1.69 bits per heavy atom. The van der Waals surface area contributed by atoms with Crippen molar-refractivity contribution in [3.63, 3.8) is 0 Å². The zero-order valence-corrected chi connectivity index (χ0v) is 8.45. The number of rotatable bonds is 1. The molecule has 0 radical (unpaired) electrons. The molecular weight excluding hydrogens is 180 g/mol. The Morgan fingerprint density at radius 2 is 2.54 bits per heavy atom. The molecule has 2 rings (SSSR count). The Balaban J connectivity index is 2.33. The third-order valence-corrected chi connectivity index (χ3v) is 3.46. The molecular formula is C10H12N2S. The zero-order chi connectivity index (χ0) is 9.26. The van der Waals surface area contributed by atoms with Crippen LogP contribution in [0.5, 0.6) is 0 Å². The van der Waals surface area contributed by atoms with Gasteiger partial charge in [-0.05, 0) is 37.4 Å². The Bertz CT molecular complexity index is 342. The molecule has 1 aromatic heterocycles. The minimum absolute atomic E-state index is 0.569. The van der Waals surface area contributed by atoms with Gasteiger partial charge in [-0.3, -0.25) is 0 Å². The highest BCUT2D eigenvalue weighted by molar-refractivity contribution is 7.12. The van der Waals surface area contributed by atoms with Crippen molar-refractivity contribution in [3.8, 4) is 6.07 Å². The lowest BCUT2D eigenvalue weighted by molar-refractivity contribution is 0.764. The van der Waals surface area contributed by atoms with Gasteiger partial charge in [0.05, 0.1) is 0 Å². The van der Waals surface area contributed by atoms with Gasteiger partial charge in [0.2, 0.25) is 0 Å². The van der Waals surface area contributed by atoms with Crippen molar-refractivity contribution < 1.29 is 0 Å². The van der Waals surface area contributed by atoms with E-state index in [-0.39, 0.29) is 0 Å². The van der Waals surface area contributed by atoms with Gasteiger partial charge in [0.15, 0.2) is 0 Å². The van der Waals surface area contributed by atoms with E-state index >= 15 is 0 Å². The number of nitriles is 1. The molecule has 1 fully saturated rings. The summed E-state index contributed by atoms with van der Waals surface area (Å²) >= 11 is 1.61. The summed E-state index contributed by atoms with van der Waals surface area (Å²) in [5.41, 5.74) is 1.26. The average Bonchev–Trinajstić information content (AvgIpc) is 2.71. The van der Waals surface area contributed by atoms with E-state index in [4.69, 9.17) is 5.26 Å². The van der Waals surface area contributed by atoms with Crippen LogP contribution in [0.1, 0.15) is 27.7 Å². The summed E-state index contributed by atoms with van der Waals surface area (Å²) in [5.74, 6) is 0.569. The van der Waals surface area contributed by atoms with Crippen molar-refractivity contribution in [2.24, 2.45) is 0 Å². The standard InChI is InChI=1S/C10H12N2S/c1-7-4-9(10(5-11)13-7)8-2-3-12-6-8/h4,8,12H,2-3,6H2,1H3. The molecule has 1 saturated heterocycles. The molecule has 1 N–H and O–H groups in total. The average molecular weight is 192 g/mol. The molecule has 2 nitrogen and oxygen atoms in total. The van der Waals surface area contributed by atoms with Crippen LogP contribution in [0.3, 0.4) is 0 Å². The van der Waals surface area contributed by atoms with Crippen molar-refractivity contribution in [1.29, 1.82) is 5.26 Å². The van der Waals surface area contributed by atoms with Crippen molar-refractivity contribution >= 4 is 11.3 Å². The fourth-order valence-corrected chi connectivity index (χ4v) is 2.74. The monoisotopic (exact) mass is 192 g/mol. The van der Waals surface area contributed by atoms with Crippen LogP contribution in [0, 0.1) is 18.3 Å². The molecule has 0 amide bonds. The molecule has 1 aliphatic heterocycles. The first-order chi connectivity index (χ1) is 6.31. The minimum Gasteiger partial charge on any atom is -0.316 e. The Morgan fingerprint density at radius 3 is 3.15 bits per heavy atom. The highest BCUT2D eigenvalue weighted by Crippen LogP contribution is 2.31. The highest BCUT2D eigenvalue weighted by atomic mass is 32.1. The number of aryl methyl sites for hydroxylation is 1. The van der Waals surface area contributed by atoms with Crippen LogP contribution >= 0.6 is 11.3 Å². The molecule has 2 heterocycles. The van der Waals surface area contributed by atoms with Crippen LogP contribution in [-0.2, 0) is 0 Å². The second kappa shape index (κ2) is 3.49. The fraction of sp³-hybridized carbons (Fsp3) is 0.500. The molecule has 13 heavy (non-hydrogen) atoms. The molecule has 68 valence electrons. The lowest BCUT2D eigenvalue weighted by Gasteiger charge is -2.05. The van der Waals surface area contributed by atoms with E-state index in [2.05, 4.69) is 24.4 Å². The second-order valence-corrected chi connectivity index (χ2v) is 4.70. The number of nitrogens with zero attached hydrogens (tertiary/aromatic N) is 1. The molecule has 1 atom stereocenters. The van der Waals surface area contributed by atoms with Crippen molar-refractivity contribution in [2.45, 2.75) is 19.3 Å². The SMILES string of the molecule is Cc1cc(C2CCNC2)c(C#N)s1. The van der Waals surface area contributed by atoms with Gasteiger partial charge >= 0.3 is 0 Å². The van der Waals surface area contributed by atoms with Gasteiger partial charge in [0.1, 0.15) is 10.9 Å². The molecule has 0 saturated carbocycles. The topological polar surface area (TPSA) is 35.8 Å². The largest absolute Gasteiger partial charge is 0.316 e. The number of hydrogen-bond donors (Lipinski definition) is 1. The Hall–Kier alpha value is -0.850. The predicted molar refractivity (Wildman–Crippen MR) is 54.0 cm³/mol. The maximum Gasteiger partial charge on any atom is 0.110 e. The molecule has 1 aromatic rings. The van der Waals surface area contributed by atoms with Gasteiger partial charge in [-0.25, -0.2) is 0 Å². The van der Waals surface area contributed by atoms with E-state index in [1.165, 1.54) is 16.9 Å². The normalized spacial score (nSPS) is 21.7. The lowest BCUT2D eigenvalue weighted by Crippen LogP contribution is -2.07. The van der Waals surface area contributed by atoms with Gasteiger partial charge in [-0.2, -0.15) is 5.26 Å². The molecule has 0 bridgehead atoms. The summed E-state index contributed by atoms with van der Waals surface area (Å²) in [6, 6.07) is 4.45. The van der Waals surface area contributed by atoms with Crippen molar-refractivity contribution in [1.82, 2.24) is 5.32 Å². The Kier molecular flexibility index (Phi) is 2.34. The summed E-state index contributed by atoms with van der Waals surface area (Å²) in [6.45, 7) is 4.19. The van der Waals surface area contributed by atoms with Crippen LogP contribution in [0.25, 0.3) is 0 Å². The van der Waals surface area contributed by atoms with E-state index in [0.717, 1.165) is 18.0 Å². The van der Waals surface area contributed by atoms with Gasteiger partial charge in [-0.15, -0.1) is 11.3 Å². The summed E-state index contributed by atoms with van der Waals surface area (Å²) in [7, 11) is 0. The Labute approximate surface area is 82.2 Å². The fourth-order valence-electron chi connectivity index (χ4n) is 1.84. The molecule has 0 spiro atoms. The van der Waals surface area contributed by atoms with E-state index in [1.807, 2.05) is 0 Å². The van der Waals surface area contributed by atoms with Crippen LogP contribution in [0.4, 0.5) is 0 Å². The van der Waals surface area contributed by atoms with Gasteiger partial charge in [0.25, 0.3) is 0 Å². The maximum atomic E-state index is 8.93. The first kappa shape index (κ1) is 8.74. The number of thiophene rings is 1. The lowest BCUT2D eigenvalue weighted by atomic mass is 9.99. The summed E-state index contributed by atoms with van der Waals surface area (Å²) in [5, 5.41) is 12.3. The molecule has 1 aliphatic rings. The van der Waals surface area contributed by atoms with Gasteiger partial charge in [-0.1, -0.05) is 0 Å². The molecule has 0 aromatic carbocycles. The summed E-state index contributed by atoms with van der Waals surface area (Å²) < 4.78 is 0. The van der Waals surface area contributed by atoms with Crippen LogP contribution in [0.15, 0.2) is 6.07 Å². The summed E-state index contributed by atoms with van der Waals surface area (Å²) in [4.78, 5) is 2.16. The minimum atomic E-state index is 0.569. The van der Waals surface area contributed by atoms with E-state index in [0.29, 0.717) is 5.92 Å². The first-order valence-corrected chi connectivity index (χ1v) is 5.34. The highest BCUT2D eigenvalue weighted by Gasteiger charge is 2.21. The number of hydrogen-bond acceptors (Lipinski definition) is 3. The second-order valence-electron chi connectivity index (χ2n) is 3.44. The third kappa shape index (κ3) is 1.60. The zero-order valence-electron chi connectivity index (χ0n) is 7.63. The van der Waals surface area contributed by atoms with Crippen LogP contribution in [0.2, 0.25) is 0 Å². The van der Waals surface area contributed by atoms with Crippen LogP contribution < -0.4 is 5.32 Å². The molecule has 0 aliphatic carbocycles. The molecule has 1 unspecified atom stereocenters. The molecule has 3 heteroatoms. The van der Waals surface area contributed by atoms with Gasteiger partial charge in [0, 0.05) is 11.4 Å². The van der Waals surface area contributed by atoms with E-state index < -0.39 is 0 Å². The quantitative estimate of drug-likeness (QED) is 0.738. The summed E-state index contributed by atoms with van der Waals surface area (Å²) in [6.07, 6.45) is 1.17. The first-order valence-electron chi connectivity index (χ1n) is 4.52. The predicted octanol–water partition coefficient (Wildman–Crippen LogP) is 2.01. The van der Waals surface area contributed by atoms with Crippen molar-refractivity contribution in [2.75, 3.05) is 13.1 Å². The van der Waals surface area contributed by atoms with E-state index in [1.54, 1.807) is 11.3 Å². The third-order valence-electron chi connectivity index (χ3n) is 2.49.